The lowest BCUT2D eigenvalue weighted by Crippen LogP contribution is -2.04. The normalized spacial score (nSPS) is 12.4. The van der Waals surface area contributed by atoms with E-state index in [2.05, 4.69) is 41.4 Å². The highest BCUT2D eigenvalue weighted by atomic mass is 32.2. The van der Waals surface area contributed by atoms with E-state index in [9.17, 15) is 0 Å². The van der Waals surface area contributed by atoms with Crippen LogP contribution in [-0.2, 0) is 5.75 Å². The molecular weight excluding hydrogens is 240 g/mol. The third kappa shape index (κ3) is 3.59. The summed E-state index contributed by atoms with van der Waals surface area (Å²) in [6.45, 7) is 4.02. The van der Waals surface area contributed by atoms with E-state index in [0.717, 1.165) is 17.1 Å². The quantitative estimate of drug-likeness (QED) is 0.850. The molecule has 2 aromatic rings. The van der Waals surface area contributed by atoms with Crippen molar-refractivity contribution >= 4 is 11.8 Å². The number of hydrogen-bond donors (Lipinski definition) is 1. The third-order valence-electron chi connectivity index (χ3n) is 2.74. The molecule has 0 fully saturated rings. The summed E-state index contributed by atoms with van der Waals surface area (Å²) in [4.78, 5) is 5.75. The van der Waals surface area contributed by atoms with Crippen molar-refractivity contribution in [2.45, 2.75) is 30.5 Å². The van der Waals surface area contributed by atoms with Crippen LogP contribution in [0.5, 0.6) is 0 Å². The summed E-state index contributed by atoms with van der Waals surface area (Å²) < 4.78 is 0. The molecule has 1 aromatic heterocycles. The molecule has 1 unspecified atom stereocenters. The number of benzene rings is 1. The number of thioether (sulfide) groups is 1. The average Bonchev–Trinajstić information content (AvgIpc) is 2.37. The number of hydrogen-bond acceptors (Lipinski definition) is 3. The van der Waals surface area contributed by atoms with Gasteiger partial charge in [-0.25, -0.2) is 0 Å². The van der Waals surface area contributed by atoms with Crippen LogP contribution < -0.4 is 5.73 Å². The molecule has 2 nitrogen and oxygen atoms in total. The van der Waals surface area contributed by atoms with E-state index in [1.54, 1.807) is 11.8 Å². The molecule has 0 saturated heterocycles. The molecule has 1 atom stereocenters. The van der Waals surface area contributed by atoms with Crippen LogP contribution in [0.4, 0.5) is 0 Å². The van der Waals surface area contributed by atoms with Crippen LogP contribution in [0.25, 0.3) is 0 Å². The van der Waals surface area contributed by atoms with Gasteiger partial charge in [-0.1, -0.05) is 18.2 Å². The van der Waals surface area contributed by atoms with Gasteiger partial charge in [-0.2, -0.15) is 0 Å². The van der Waals surface area contributed by atoms with Gasteiger partial charge < -0.3 is 5.73 Å². The molecule has 0 amide bonds. The zero-order valence-electron chi connectivity index (χ0n) is 10.8. The van der Waals surface area contributed by atoms with Gasteiger partial charge in [0, 0.05) is 22.4 Å². The summed E-state index contributed by atoms with van der Waals surface area (Å²) in [6, 6.07) is 14.7. The molecule has 0 radical (unpaired) electrons. The first kappa shape index (κ1) is 13.1. The van der Waals surface area contributed by atoms with E-state index in [4.69, 9.17) is 5.73 Å². The maximum atomic E-state index is 5.83. The molecular formula is C15H18N2S. The maximum absolute atomic E-state index is 5.83. The molecule has 2 rings (SSSR count). The van der Waals surface area contributed by atoms with Crippen molar-refractivity contribution in [3.05, 3.63) is 59.4 Å². The Balaban J connectivity index is 1.98. The molecule has 0 aliphatic heterocycles. The Kier molecular flexibility index (Phi) is 4.39. The van der Waals surface area contributed by atoms with Crippen molar-refractivity contribution in [2.75, 3.05) is 0 Å². The van der Waals surface area contributed by atoms with E-state index in [1.807, 2.05) is 19.9 Å². The minimum absolute atomic E-state index is 0.0995. The summed E-state index contributed by atoms with van der Waals surface area (Å²) in [5.74, 6) is 0.902. The monoisotopic (exact) mass is 258 g/mol. The molecule has 1 aromatic carbocycles. The minimum atomic E-state index is 0.0995. The maximum Gasteiger partial charge on any atom is 0.0509 e. The summed E-state index contributed by atoms with van der Waals surface area (Å²) in [6.07, 6.45) is 0. The molecule has 2 N–H and O–H groups in total. The van der Waals surface area contributed by atoms with Crippen LogP contribution in [0.15, 0.2) is 47.4 Å². The summed E-state index contributed by atoms with van der Waals surface area (Å²) in [7, 11) is 0. The Morgan fingerprint density at radius 1 is 1.17 bits per heavy atom. The Labute approximate surface area is 113 Å². The Morgan fingerprint density at radius 3 is 2.50 bits per heavy atom. The molecule has 0 bridgehead atoms. The fourth-order valence-corrected chi connectivity index (χ4v) is 2.51. The third-order valence-corrected chi connectivity index (χ3v) is 3.78. The van der Waals surface area contributed by atoms with E-state index >= 15 is 0 Å². The van der Waals surface area contributed by atoms with Crippen molar-refractivity contribution in [3.63, 3.8) is 0 Å². The van der Waals surface area contributed by atoms with Crippen molar-refractivity contribution in [1.29, 1.82) is 0 Å². The second-order valence-electron chi connectivity index (χ2n) is 4.42. The van der Waals surface area contributed by atoms with Crippen LogP contribution in [-0.4, -0.2) is 4.98 Å². The second-order valence-corrected chi connectivity index (χ2v) is 5.47. The first-order chi connectivity index (χ1) is 8.65. The second kappa shape index (κ2) is 6.03. The van der Waals surface area contributed by atoms with Gasteiger partial charge in [0.1, 0.15) is 0 Å². The molecule has 0 spiro atoms. The SMILES string of the molecule is Cc1cccc(CSc2ccc(C(C)N)cc2)n1. The highest BCUT2D eigenvalue weighted by Crippen LogP contribution is 2.23. The predicted molar refractivity (Wildman–Crippen MR) is 77.6 cm³/mol. The topological polar surface area (TPSA) is 38.9 Å². The number of aromatic nitrogens is 1. The first-order valence-corrected chi connectivity index (χ1v) is 7.04. The van der Waals surface area contributed by atoms with Crippen LogP contribution >= 0.6 is 11.8 Å². The largest absolute Gasteiger partial charge is 0.324 e. The number of nitrogens with two attached hydrogens (primary N) is 1. The van der Waals surface area contributed by atoms with Crippen molar-refractivity contribution < 1.29 is 0 Å². The lowest BCUT2D eigenvalue weighted by molar-refractivity contribution is 0.817. The number of rotatable bonds is 4. The highest BCUT2D eigenvalue weighted by Gasteiger charge is 2.01. The van der Waals surface area contributed by atoms with Gasteiger partial charge >= 0.3 is 0 Å². The van der Waals surface area contributed by atoms with Gasteiger partial charge in [0.05, 0.1) is 5.69 Å². The van der Waals surface area contributed by atoms with Gasteiger partial charge in [0.2, 0.25) is 0 Å². The average molecular weight is 258 g/mol. The predicted octanol–water partition coefficient (Wildman–Crippen LogP) is 3.70. The van der Waals surface area contributed by atoms with Crippen molar-refractivity contribution in [2.24, 2.45) is 5.73 Å². The van der Waals surface area contributed by atoms with Gasteiger partial charge in [-0.15, -0.1) is 11.8 Å². The molecule has 3 heteroatoms. The summed E-state index contributed by atoms with van der Waals surface area (Å²) in [5.41, 5.74) is 9.19. The molecule has 18 heavy (non-hydrogen) atoms. The number of pyridine rings is 1. The smallest absolute Gasteiger partial charge is 0.0509 e. The lowest BCUT2D eigenvalue weighted by Gasteiger charge is -2.07. The zero-order chi connectivity index (χ0) is 13.0. The Bertz CT molecular complexity index is 506. The fraction of sp³-hybridized carbons (Fsp3) is 0.267. The summed E-state index contributed by atoms with van der Waals surface area (Å²) in [5, 5.41) is 0. The van der Waals surface area contributed by atoms with Crippen molar-refractivity contribution in [3.8, 4) is 0 Å². The standard InChI is InChI=1S/C15H18N2S/c1-11-4-3-5-14(17-11)10-18-15-8-6-13(7-9-15)12(2)16/h3-9,12H,10,16H2,1-2H3. The van der Waals surface area contributed by atoms with Gasteiger partial charge in [0.15, 0.2) is 0 Å². The number of nitrogens with zero attached hydrogens (tertiary/aromatic N) is 1. The van der Waals surface area contributed by atoms with Gasteiger partial charge in [-0.05, 0) is 43.7 Å². The Morgan fingerprint density at radius 2 is 1.89 bits per heavy atom. The van der Waals surface area contributed by atoms with E-state index in [-0.39, 0.29) is 6.04 Å². The van der Waals surface area contributed by atoms with Crippen LogP contribution in [0.1, 0.15) is 29.9 Å². The molecule has 0 saturated carbocycles. The lowest BCUT2D eigenvalue weighted by atomic mass is 10.1. The molecule has 0 aliphatic carbocycles. The molecule has 0 aliphatic rings. The van der Waals surface area contributed by atoms with Gasteiger partial charge in [0.25, 0.3) is 0 Å². The van der Waals surface area contributed by atoms with Gasteiger partial charge in [-0.3, -0.25) is 4.98 Å². The van der Waals surface area contributed by atoms with E-state index < -0.39 is 0 Å². The first-order valence-electron chi connectivity index (χ1n) is 6.06. The zero-order valence-corrected chi connectivity index (χ0v) is 11.6. The van der Waals surface area contributed by atoms with Crippen LogP contribution in [0, 0.1) is 6.92 Å². The van der Waals surface area contributed by atoms with E-state index in [0.29, 0.717) is 0 Å². The van der Waals surface area contributed by atoms with Crippen LogP contribution in [0.2, 0.25) is 0 Å². The van der Waals surface area contributed by atoms with Crippen LogP contribution in [0.3, 0.4) is 0 Å². The molecule has 1 heterocycles. The highest BCUT2D eigenvalue weighted by molar-refractivity contribution is 7.98. The molecule has 94 valence electrons. The Hall–Kier alpha value is -1.32. The fourth-order valence-electron chi connectivity index (χ4n) is 1.70. The minimum Gasteiger partial charge on any atom is -0.324 e. The van der Waals surface area contributed by atoms with Crippen molar-refractivity contribution in [1.82, 2.24) is 4.98 Å². The number of aryl methyl sites for hydroxylation is 1. The summed E-state index contributed by atoms with van der Waals surface area (Å²) >= 11 is 1.80. The van der Waals surface area contributed by atoms with E-state index in [1.165, 1.54) is 10.5 Å².